The molecule has 2 rings (SSSR count). The van der Waals surface area contributed by atoms with Gasteiger partial charge < -0.3 is 5.11 Å². The topological polar surface area (TPSA) is 37.3 Å². The molecule has 2 nitrogen and oxygen atoms in total. The Bertz CT molecular complexity index is 428. The fourth-order valence-electron chi connectivity index (χ4n) is 2.29. The summed E-state index contributed by atoms with van der Waals surface area (Å²) in [7, 11) is 0. The summed E-state index contributed by atoms with van der Waals surface area (Å²) >= 11 is 0. The molecule has 1 aliphatic rings. The summed E-state index contributed by atoms with van der Waals surface area (Å²) < 4.78 is 12.7. The van der Waals surface area contributed by atoms with Gasteiger partial charge in [0.25, 0.3) is 0 Å². The van der Waals surface area contributed by atoms with Crippen molar-refractivity contribution in [3.8, 4) is 0 Å². The maximum atomic E-state index is 12.7. The molecular weight excluding hydrogens is 219 g/mol. The van der Waals surface area contributed by atoms with Crippen LogP contribution < -0.4 is 0 Å². The minimum absolute atomic E-state index is 0.282. The molecule has 1 aromatic carbocycles. The minimum Gasteiger partial charge on any atom is -0.481 e. The van der Waals surface area contributed by atoms with Crippen molar-refractivity contribution in [2.24, 2.45) is 5.41 Å². The van der Waals surface area contributed by atoms with Crippen molar-refractivity contribution in [1.29, 1.82) is 0 Å². The highest BCUT2D eigenvalue weighted by atomic mass is 19.1. The minimum atomic E-state index is -0.756. The predicted octanol–water partition coefficient (Wildman–Crippen LogP) is 3.48. The molecule has 0 aromatic heterocycles. The van der Waals surface area contributed by atoms with E-state index in [4.69, 9.17) is 0 Å². The maximum Gasteiger partial charge on any atom is 0.313 e. The number of carboxylic acid groups (broad SMARTS) is 1. The van der Waals surface area contributed by atoms with Gasteiger partial charge in [-0.1, -0.05) is 37.1 Å². The zero-order chi connectivity index (χ0) is 12.3. The van der Waals surface area contributed by atoms with Crippen LogP contribution in [0.1, 0.15) is 31.2 Å². The lowest BCUT2D eigenvalue weighted by atomic mass is 9.85. The van der Waals surface area contributed by atoms with E-state index in [1.54, 1.807) is 24.3 Å². The van der Waals surface area contributed by atoms with E-state index in [-0.39, 0.29) is 5.82 Å². The maximum absolute atomic E-state index is 12.7. The number of hydrogen-bond donors (Lipinski definition) is 1. The Morgan fingerprint density at radius 2 is 1.82 bits per heavy atom. The van der Waals surface area contributed by atoms with Crippen LogP contribution in [-0.4, -0.2) is 11.1 Å². The van der Waals surface area contributed by atoms with Crippen LogP contribution in [0.5, 0.6) is 0 Å². The highest BCUT2D eigenvalue weighted by Gasteiger charge is 2.38. The van der Waals surface area contributed by atoms with Gasteiger partial charge in [0.1, 0.15) is 5.82 Å². The Morgan fingerprint density at radius 1 is 1.24 bits per heavy atom. The van der Waals surface area contributed by atoms with Gasteiger partial charge in [-0.25, -0.2) is 4.39 Å². The first-order valence-corrected chi connectivity index (χ1v) is 5.81. The Kier molecular flexibility index (Phi) is 3.27. The van der Waals surface area contributed by atoms with Crippen LogP contribution in [0.15, 0.2) is 30.3 Å². The molecule has 0 bridgehead atoms. The molecule has 17 heavy (non-hydrogen) atoms. The first-order chi connectivity index (χ1) is 8.12. The quantitative estimate of drug-likeness (QED) is 0.869. The Balaban J connectivity index is 2.18. The van der Waals surface area contributed by atoms with Gasteiger partial charge in [0.2, 0.25) is 0 Å². The van der Waals surface area contributed by atoms with E-state index in [2.05, 4.69) is 0 Å². The number of carboxylic acids is 1. The largest absolute Gasteiger partial charge is 0.481 e. The van der Waals surface area contributed by atoms with Crippen LogP contribution in [0.25, 0.3) is 6.08 Å². The molecule has 0 radical (unpaired) electrons. The SMILES string of the molecule is O=C(O)C1(/C=C/c2ccc(F)cc2)CCCC1. The molecule has 0 amide bonds. The van der Waals surface area contributed by atoms with Crippen molar-refractivity contribution < 1.29 is 14.3 Å². The summed E-state index contributed by atoms with van der Waals surface area (Å²) in [6.07, 6.45) is 6.84. The van der Waals surface area contributed by atoms with Crippen LogP contribution in [0.3, 0.4) is 0 Å². The predicted molar refractivity (Wildman–Crippen MR) is 64.0 cm³/mol. The molecular formula is C14H15FO2. The van der Waals surface area contributed by atoms with Gasteiger partial charge in [-0.15, -0.1) is 0 Å². The summed E-state index contributed by atoms with van der Waals surface area (Å²) in [6.45, 7) is 0. The number of carbonyl (C=O) groups is 1. The van der Waals surface area contributed by atoms with E-state index >= 15 is 0 Å². The normalized spacial score (nSPS) is 18.6. The first-order valence-electron chi connectivity index (χ1n) is 5.81. The van der Waals surface area contributed by atoms with Crippen molar-refractivity contribution in [2.45, 2.75) is 25.7 Å². The first kappa shape index (κ1) is 11.8. The van der Waals surface area contributed by atoms with Crippen LogP contribution in [-0.2, 0) is 4.79 Å². The molecule has 0 saturated heterocycles. The van der Waals surface area contributed by atoms with Crippen LogP contribution in [0.4, 0.5) is 4.39 Å². The molecule has 0 heterocycles. The lowest BCUT2D eigenvalue weighted by Gasteiger charge is -2.18. The number of halogens is 1. The second-order valence-electron chi connectivity index (χ2n) is 4.55. The van der Waals surface area contributed by atoms with Crippen LogP contribution >= 0.6 is 0 Å². The second-order valence-corrected chi connectivity index (χ2v) is 4.55. The Labute approximate surface area is 99.8 Å². The van der Waals surface area contributed by atoms with Crippen LogP contribution in [0.2, 0.25) is 0 Å². The van der Waals surface area contributed by atoms with Gasteiger partial charge in [0, 0.05) is 0 Å². The van der Waals surface area contributed by atoms with Crippen molar-refractivity contribution >= 4 is 12.0 Å². The molecule has 0 aliphatic heterocycles. The molecule has 1 fully saturated rings. The van der Waals surface area contributed by atoms with E-state index < -0.39 is 11.4 Å². The van der Waals surface area contributed by atoms with Crippen molar-refractivity contribution in [3.63, 3.8) is 0 Å². The second kappa shape index (κ2) is 4.70. The monoisotopic (exact) mass is 234 g/mol. The third-order valence-electron chi connectivity index (χ3n) is 3.39. The number of benzene rings is 1. The lowest BCUT2D eigenvalue weighted by molar-refractivity contribution is -0.145. The summed E-state index contributed by atoms with van der Waals surface area (Å²) in [5, 5.41) is 9.27. The molecule has 0 atom stereocenters. The molecule has 1 aromatic rings. The number of aliphatic carboxylic acids is 1. The Hall–Kier alpha value is -1.64. The smallest absolute Gasteiger partial charge is 0.313 e. The fourth-order valence-corrected chi connectivity index (χ4v) is 2.29. The third kappa shape index (κ3) is 2.54. The highest BCUT2D eigenvalue weighted by Crippen LogP contribution is 2.40. The molecule has 0 unspecified atom stereocenters. The molecule has 1 saturated carbocycles. The van der Waals surface area contributed by atoms with Crippen molar-refractivity contribution in [1.82, 2.24) is 0 Å². The van der Waals surface area contributed by atoms with Gasteiger partial charge >= 0.3 is 5.97 Å². The van der Waals surface area contributed by atoms with Gasteiger partial charge in [-0.05, 0) is 30.5 Å². The molecule has 1 aliphatic carbocycles. The molecule has 90 valence electrons. The zero-order valence-electron chi connectivity index (χ0n) is 9.53. The Morgan fingerprint density at radius 3 is 2.35 bits per heavy atom. The van der Waals surface area contributed by atoms with E-state index in [9.17, 15) is 14.3 Å². The van der Waals surface area contributed by atoms with Crippen molar-refractivity contribution in [2.75, 3.05) is 0 Å². The summed E-state index contributed by atoms with van der Waals surface area (Å²) in [4.78, 5) is 11.3. The average Bonchev–Trinajstić information content (AvgIpc) is 2.78. The lowest BCUT2D eigenvalue weighted by Crippen LogP contribution is -2.24. The van der Waals surface area contributed by atoms with E-state index in [0.717, 1.165) is 18.4 Å². The average molecular weight is 234 g/mol. The zero-order valence-corrected chi connectivity index (χ0v) is 9.53. The fraction of sp³-hybridized carbons (Fsp3) is 0.357. The van der Waals surface area contributed by atoms with Gasteiger partial charge in [0.05, 0.1) is 5.41 Å². The number of hydrogen-bond acceptors (Lipinski definition) is 1. The summed E-state index contributed by atoms with van der Waals surface area (Å²) in [6, 6.07) is 6.05. The molecule has 1 N–H and O–H groups in total. The molecule has 0 spiro atoms. The molecule has 3 heteroatoms. The highest BCUT2D eigenvalue weighted by molar-refractivity contribution is 5.79. The van der Waals surface area contributed by atoms with Gasteiger partial charge in [-0.2, -0.15) is 0 Å². The van der Waals surface area contributed by atoms with Gasteiger partial charge in [-0.3, -0.25) is 4.79 Å². The van der Waals surface area contributed by atoms with E-state index in [0.29, 0.717) is 12.8 Å². The van der Waals surface area contributed by atoms with Gasteiger partial charge in [0.15, 0.2) is 0 Å². The van der Waals surface area contributed by atoms with E-state index in [1.807, 2.05) is 0 Å². The summed E-state index contributed by atoms with van der Waals surface area (Å²) in [5.41, 5.74) is 0.118. The third-order valence-corrected chi connectivity index (χ3v) is 3.39. The van der Waals surface area contributed by atoms with Crippen molar-refractivity contribution in [3.05, 3.63) is 41.7 Å². The van der Waals surface area contributed by atoms with Crippen LogP contribution in [0, 0.1) is 11.2 Å². The number of rotatable bonds is 3. The standard InChI is InChI=1S/C14H15FO2/c15-12-5-3-11(4-6-12)7-10-14(13(16)17)8-1-2-9-14/h3-7,10H,1-2,8-9H2,(H,16,17)/b10-7+. The van der Waals surface area contributed by atoms with E-state index in [1.165, 1.54) is 12.1 Å². The summed E-state index contributed by atoms with van der Waals surface area (Å²) in [5.74, 6) is -1.04.